The molecule has 0 saturated carbocycles. The topological polar surface area (TPSA) is 49.8 Å². The van der Waals surface area contributed by atoms with Crippen molar-refractivity contribution in [2.75, 3.05) is 18.5 Å². The lowest BCUT2D eigenvalue weighted by molar-refractivity contribution is -0.137. The maximum Gasteiger partial charge on any atom is 0.303 e. The SMILES string of the molecule is CCC1CN(C)c2cc(CCCCC(=O)O)ccc2O1. The van der Waals surface area contributed by atoms with Gasteiger partial charge in [0.05, 0.1) is 12.2 Å². The molecule has 0 radical (unpaired) electrons. The van der Waals surface area contributed by atoms with Crippen LogP contribution in [0.15, 0.2) is 18.2 Å². The van der Waals surface area contributed by atoms with Crippen LogP contribution in [0.3, 0.4) is 0 Å². The molecule has 1 aromatic carbocycles. The molecule has 1 aliphatic rings. The van der Waals surface area contributed by atoms with Crippen LogP contribution in [0.1, 0.15) is 38.2 Å². The van der Waals surface area contributed by atoms with Gasteiger partial charge in [0.1, 0.15) is 11.9 Å². The number of fused-ring (bicyclic) bond motifs is 1. The number of benzene rings is 1. The van der Waals surface area contributed by atoms with Gasteiger partial charge in [-0.05, 0) is 43.4 Å². The Balaban J connectivity index is 1.97. The van der Waals surface area contributed by atoms with Gasteiger partial charge in [0.2, 0.25) is 0 Å². The number of ether oxygens (including phenoxy) is 1. The van der Waals surface area contributed by atoms with Crippen molar-refractivity contribution < 1.29 is 14.6 Å². The number of rotatable bonds is 6. The van der Waals surface area contributed by atoms with Gasteiger partial charge in [-0.2, -0.15) is 0 Å². The summed E-state index contributed by atoms with van der Waals surface area (Å²) in [7, 11) is 2.10. The Morgan fingerprint density at radius 1 is 1.45 bits per heavy atom. The van der Waals surface area contributed by atoms with Gasteiger partial charge in [-0.15, -0.1) is 0 Å². The van der Waals surface area contributed by atoms with Crippen LogP contribution in [-0.2, 0) is 11.2 Å². The first-order valence-electron chi connectivity index (χ1n) is 7.32. The molecule has 110 valence electrons. The molecule has 0 saturated heterocycles. The molecule has 20 heavy (non-hydrogen) atoms. The number of unbranched alkanes of at least 4 members (excludes halogenated alkanes) is 1. The van der Waals surface area contributed by atoms with Crippen LogP contribution >= 0.6 is 0 Å². The van der Waals surface area contributed by atoms with E-state index in [0.29, 0.717) is 0 Å². The molecule has 1 atom stereocenters. The number of nitrogens with zero attached hydrogens (tertiary/aromatic N) is 1. The number of aliphatic carboxylic acids is 1. The standard InChI is InChI=1S/C16H23NO3/c1-3-13-11-17(2)14-10-12(8-9-15(14)20-13)6-4-5-7-16(18)19/h8-10,13H,3-7,11H2,1-2H3,(H,18,19). The van der Waals surface area contributed by atoms with Gasteiger partial charge in [0.25, 0.3) is 0 Å². The van der Waals surface area contributed by atoms with E-state index in [2.05, 4.69) is 31.0 Å². The molecule has 4 nitrogen and oxygen atoms in total. The van der Waals surface area contributed by atoms with E-state index >= 15 is 0 Å². The summed E-state index contributed by atoms with van der Waals surface area (Å²) in [5, 5.41) is 8.63. The first-order chi connectivity index (χ1) is 9.60. The summed E-state index contributed by atoms with van der Waals surface area (Å²) >= 11 is 0. The third-order valence-corrected chi connectivity index (χ3v) is 3.77. The van der Waals surface area contributed by atoms with Crippen molar-refractivity contribution in [3.63, 3.8) is 0 Å². The first-order valence-corrected chi connectivity index (χ1v) is 7.32. The van der Waals surface area contributed by atoms with Crippen LogP contribution in [0.2, 0.25) is 0 Å². The first kappa shape index (κ1) is 14.7. The predicted molar refractivity (Wildman–Crippen MR) is 79.6 cm³/mol. The number of likely N-dealkylation sites (N-methyl/N-ethyl adjacent to an activating group) is 1. The van der Waals surface area contributed by atoms with E-state index in [1.54, 1.807) is 0 Å². The Morgan fingerprint density at radius 3 is 2.95 bits per heavy atom. The molecular weight excluding hydrogens is 254 g/mol. The molecule has 4 heteroatoms. The normalized spacial score (nSPS) is 17.5. The van der Waals surface area contributed by atoms with E-state index in [1.165, 1.54) is 5.56 Å². The summed E-state index contributed by atoms with van der Waals surface area (Å²) in [6.45, 7) is 3.06. The van der Waals surface area contributed by atoms with Gasteiger partial charge in [0, 0.05) is 13.5 Å². The van der Waals surface area contributed by atoms with Crippen LogP contribution in [0.25, 0.3) is 0 Å². The Morgan fingerprint density at radius 2 is 2.25 bits per heavy atom. The molecule has 1 unspecified atom stereocenters. The Hall–Kier alpha value is -1.71. The Kier molecular flexibility index (Phi) is 4.88. The lowest BCUT2D eigenvalue weighted by atomic mass is 10.0. The van der Waals surface area contributed by atoms with Crippen LogP contribution in [0.4, 0.5) is 5.69 Å². The van der Waals surface area contributed by atoms with Crippen molar-refractivity contribution in [2.24, 2.45) is 0 Å². The van der Waals surface area contributed by atoms with E-state index in [0.717, 1.165) is 43.7 Å². The molecule has 0 spiro atoms. The molecule has 1 aliphatic heterocycles. The second-order valence-electron chi connectivity index (χ2n) is 5.43. The maximum atomic E-state index is 10.5. The molecule has 1 N–H and O–H groups in total. The summed E-state index contributed by atoms with van der Waals surface area (Å²) < 4.78 is 5.94. The zero-order valence-electron chi connectivity index (χ0n) is 12.3. The number of carboxylic acids is 1. The minimum Gasteiger partial charge on any atom is -0.486 e. The number of carboxylic acid groups (broad SMARTS) is 1. The van der Waals surface area contributed by atoms with Crippen molar-refractivity contribution in [3.05, 3.63) is 23.8 Å². The molecule has 0 amide bonds. The van der Waals surface area contributed by atoms with Crippen molar-refractivity contribution in [1.82, 2.24) is 0 Å². The van der Waals surface area contributed by atoms with Crippen molar-refractivity contribution in [3.8, 4) is 5.75 Å². The van der Waals surface area contributed by atoms with E-state index in [4.69, 9.17) is 9.84 Å². The van der Waals surface area contributed by atoms with Gasteiger partial charge in [-0.25, -0.2) is 0 Å². The van der Waals surface area contributed by atoms with Crippen molar-refractivity contribution in [2.45, 2.75) is 45.1 Å². The highest BCUT2D eigenvalue weighted by atomic mass is 16.5. The summed E-state index contributed by atoms with van der Waals surface area (Å²) in [5.74, 6) is 0.245. The van der Waals surface area contributed by atoms with Gasteiger partial charge in [-0.1, -0.05) is 13.0 Å². The van der Waals surface area contributed by atoms with E-state index < -0.39 is 5.97 Å². The minimum atomic E-state index is -0.714. The predicted octanol–water partition coefficient (Wildman–Crippen LogP) is 3.09. The fraction of sp³-hybridized carbons (Fsp3) is 0.562. The molecule has 0 bridgehead atoms. The zero-order chi connectivity index (χ0) is 14.5. The smallest absolute Gasteiger partial charge is 0.303 e. The maximum absolute atomic E-state index is 10.5. The average molecular weight is 277 g/mol. The monoisotopic (exact) mass is 277 g/mol. The molecule has 0 fully saturated rings. The molecule has 1 aromatic rings. The van der Waals surface area contributed by atoms with Gasteiger partial charge >= 0.3 is 5.97 Å². The van der Waals surface area contributed by atoms with E-state index in [9.17, 15) is 4.79 Å². The Labute approximate surface area is 120 Å². The average Bonchev–Trinajstić information content (AvgIpc) is 2.43. The minimum absolute atomic E-state index is 0.256. The molecular formula is C16H23NO3. The van der Waals surface area contributed by atoms with Gasteiger partial charge in [-0.3, -0.25) is 4.79 Å². The van der Waals surface area contributed by atoms with Crippen LogP contribution in [0.5, 0.6) is 5.75 Å². The van der Waals surface area contributed by atoms with Gasteiger partial charge < -0.3 is 14.7 Å². The zero-order valence-corrected chi connectivity index (χ0v) is 12.3. The fourth-order valence-electron chi connectivity index (χ4n) is 2.55. The number of aryl methyl sites for hydroxylation is 1. The highest BCUT2D eigenvalue weighted by Gasteiger charge is 2.22. The third kappa shape index (κ3) is 3.65. The molecule has 0 aliphatic carbocycles. The van der Waals surface area contributed by atoms with Crippen molar-refractivity contribution >= 4 is 11.7 Å². The highest BCUT2D eigenvalue weighted by molar-refractivity contribution is 5.66. The van der Waals surface area contributed by atoms with E-state index in [-0.39, 0.29) is 12.5 Å². The molecule has 2 rings (SSSR count). The lowest BCUT2D eigenvalue weighted by Crippen LogP contribution is -2.37. The molecule has 0 aromatic heterocycles. The fourth-order valence-corrected chi connectivity index (χ4v) is 2.55. The number of anilines is 1. The number of hydrogen-bond donors (Lipinski definition) is 1. The largest absolute Gasteiger partial charge is 0.486 e. The second-order valence-corrected chi connectivity index (χ2v) is 5.43. The van der Waals surface area contributed by atoms with Crippen LogP contribution in [-0.4, -0.2) is 30.8 Å². The summed E-state index contributed by atoms with van der Waals surface area (Å²) in [5.41, 5.74) is 2.39. The van der Waals surface area contributed by atoms with Crippen LogP contribution < -0.4 is 9.64 Å². The third-order valence-electron chi connectivity index (χ3n) is 3.77. The summed E-state index contributed by atoms with van der Waals surface area (Å²) in [6, 6.07) is 6.30. The summed E-state index contributed by atoms with van der Waals surface area (Å²) in [4.78, 5) is 12.7. The van der Waals surface area contributed by atoms with Crippen molar-refractivity contribution in [1.29, 1.82) is 0 Å². The van der Waals surface area contributed by atoms with Gasteiger partial charge in [0.15, 0.2) is 0 Å². The quantitative estimate of drug-likeness (QED) is 0.812. The summed E-state index contributed by atoms with van der Waals surface area (Å²) in [6.07, 6.45) is 4.11. The van der Waals surface area contributed by atoms with Crippen LogP contribution in [0, 0.1) is 0 Å². The highest BCUT2D eigenvalue weighted by Crippen LogP contribution is 2.34. The Bertz CT molecular complexity index is 473. The second kappa shape index (κ2) is 6.64. The number of carbonyl (C=O) groups is 1. The molecule has 1 heterocycles. The van der Waals surface area contributed by atoms with E-state index in [1.807, 2.05) is 6.07 Å². The number of hydrogen-bond acceptors (Lipinski definition) is 3. The lowest BCUT2D eigenvalue weighted by Gasteiger charge is -2.33.